The van der Waals surface area contributed by atoms with Crippen LogP contribution in [0.1, 0.15) is 35.2 Å². The minimum absolute atomic E-state index is 0.0381. The zero-order valence-corrected chi connectivity index (χ0v) is 15.0. The number of anilines is 2. The molecule has 0 unspecified atom stereocenters. The predicted octanol–water partition coefficient (Wildman–Crippen LogP) is 3.48. The molecule has 1 aliphatic heterocycles. The Hall–Kier alpha value is -3.00. The van der Waals surface area contributed by atoms with E-state index in [1.54, 1.807) is 28.2 Å². The first-order valence-corrected chi connectivity index (χ1v) is 9.52. The molecule has 0 fully saturated rings. The van der Waals surface area contributed by atoms with Crippen molar-refractivity contribution in [1.29, 1.82) is 0 Å². The number of Topliss-reactive ketones (excluding diaryl/α,β-unsaturated/α-hetero) is 1. The first-order chi connectivity index (χ1) is 13.1. The molecule has 136 valence electrons. The molecule has 27 heavy (non-hydrogen) atoms. The summed E-state index contributed by atoms with van der Waals surface area (Å²) in [6.07, 6.45) is 1.12. The largest absolute Gasteiger partial charge is 0.366 e. The number of nitrogens with one attached hydrogen (secondary N) is 1. The predicted molar refractivity (Wildman–Crippen MR) is 101 cm³/mol. The molecule has 2 atom stereocenters. The van der Waals surface area contributed by atoms with Gasteiger partial charge in [0.15, 0.2) is 5.78 Å². The number of carbonyl (C=O) groups is 1. The van der Waals surface area contributed by atoms with Gasteiger partial charge < -0.3 is 11.1 Å². The molecule has 2 aliphatic rings. The molecule has 6 nitrogen and oxygen atoms in total. The SMILES string of the molecule is Nc1nc2n(n1)[C@@H](c1cccc(F)c1)C1=C(C[C@H](c3cccs3)CC1=O)N2. The molecule has 8 heteroatoms. The average Bonchev–Trinajstić information content (AvgIpc) is 3.28. The molecular weight excluding hydrogens is 365 g/mol. The maximum absolute atomic E-state index is 13.9. The van der Waals surface area contributed by atoms with Crippen LogP contribution in [0.2, 0.25) is 0 Å². The first kappa shape index (κ1) is 16.2. The Morgan fingerprint density at radius 2 is 2.15 bits per heavy atom. The Morgan fingerprint density at radius 1 is 1.26 bits per heavy atom. The van der Waals surface area contributed by atoms with Crippen LogP contribution in [0.3, 0.4) is 0 Å². The lowest BCUT2D eigenvalue weighted by Gasteiger charge is -2.34. The van der Waals surface area contributed by atoms with Crippen LogP contribution in [0.4, 0.5) is 16.3 Å². The molecule has 0 saturated carbocycles. The molecule has 0 saturated heterocycles. The minimum Gasteiger partial charge on any atom is -0.366 e. The van der Waals surface area contributed by atoms with Crippen LogP contribution < -0.4 is 11.1 Å². The van der Waals surface area contributed by atoms with E-state index in [0.717, 1.165) is 5.70 Å². The van der Waals surface area contributed by atoms with Gasteiger partial charge in [0.1, 0.15) is 11.9 Å². The highest BCUT2D eigenvalue weighted by Gasteiger charge is 2.39. The van der Waals surface area contributed by atoms with E-state index in [0.29, 0.717) is 29.9 Å². The summed E-state index contributed by atoms with van der Waals surface area (Å²) in [6, 6.07) is 9.76. The average molecular weight is 381 g/mol. The highest BCUT2D eigenvalue weighted by molar-refractivity contribution is 7.10. The number of rotatable bonds is 2. The van der Waals surface area contributed by atoms with E-state index in [2.05, 4.69) is 21.5 Å². The van der Waals surface area contributed by atoms with Gasteiger partial charge in [-0.25, -0.2) is 9.07 Å². The maximum Gasteiger partial charge on any atom is 0.241 e. The van der Waals surface area contributed by atoms with Gasteiger partial charge >= 0.3 is 0 Å². The third-order valence-corrected chi connectivity index (χ3v) is 6.08. The number of hydrogen-bond acceptors (Lipinski definition) is 6. The molecule has 3 heterocycles. The number of carbonyl (C=O) groups excluding carboxylic acids is 1. The highest BCUT2D eigenvalue weighted by atomic mass is 32.1. The molecule has 0 bridgehead atoms. The van der Waals surface area contributed by atoms with Crippen molar-refractivity contribution in [2.24, 2.45) is 0 Å². The number of fused-ring (bicyclic) bond motifs is 1. The summed E-state index contributed by atoms with van der Waals surface area (Å²) in [5.41, 5.74) is 7.88. The smallest absolute Gasteiger partial charge is 0.241 e. The lowest BCUT2D eigenvalue weighted by Crippen LogP contribution is -2.33. The van der Waals surface area contributed by atoms with Gasteiger partial charge in [0.25, 0.3) is 0 Å². The van der Waals surface area contributed by atoms with Crippen molar-refractivity contribution in [3.8, 4) is 0 Å². The Balaban J connectivity index is 1.65. The quantitative estimate of drug-likeness (QED) is 0.710. The van der Waals surface area contributed by atoms with Crippen LogP contribution in [0, 0.1) is 5.82 Å². The molecule has 1 aromatic carbocycles. The second kappa shape index (κ2) is 6.02. The summed E-state index contributed by atoms with van der Waals surface area (Å²) in [6.45, 7) is 0. The Morgan fingerprint density at radius 3 is 2.93 bits per heavy atom. The Labute approximate surface area is 158 Å². The third-order valence-electron chi connectivity index (χ3n) is 5.05. The van der Waals surface area contributed by atoms with Crippen LogP contribution >= 0.6 is 11.3 Å². The second-order valence-corrected chi connectivity index (χ2v) is 7.74. The molecule has 5 rings (SSSR count). The van der Waals surface area contributed by atoms with E-state index in [-0.39, 0.29) is 23.5 Å². The van der Waals surface area contributed by atoms with Gasteiger partial charge in [0, 0.05) is 28.5 Å². The minimum atomic E-state index is -0.534. The van der Waals surface area contributed by atoms with Gasteiger partial charge in [0.05, 0.1) is 0 Å². The van der Waals surface area contributed by atoms with Gasteiger partial charge in [-0.15, -0.1) is 16.4 Å². The molecule has 0 radical (unpaired) electrons. The topological polar surface area (TPSA) is 85.8 Å². The van der Waals surface area contributed by atoms with Crippen molar-refractivity contribution in [2.45, 2.75) is 24.8 Å². The number of ketones is 1. The number of benzene rings is 1. The van der Waals surface area contributed by atoms with Crippen LogP contribution in [0.15, 0.2) is 53.0 Å². The molecule has 1 aliphatic carbocycles. The number of halogens is 1. The standard InChI is InChI=1S/C19H16FN5OS/c20-12-4-1-3-10(7-12)17-16-13(22-19-23-18(21)24-25(17)19)8-11(9-14(16)26)15-5-2-6-27-15/h1-7,11,17H,8-9H2,(H3,21,22,23,24)/t11-,17-/m0/s1. The van der Waals surface area contributed by atoms with E-state index in [1.807, 2.05) is 11.4 Å². The number of nitrogen functional groups attached to an aromatic ring is 1. The molecule has 2 aromatic heterocycles. The zero-order chi connectivity index (χ0) is 18.5. The highest BCUT2D eigenvalue weighted by Crippen LogP contribution is 2.44. The van der Waals surface area contributed by atoms with Gasteiger partial charge in [-0.05, 0) is 35.6 Å². The summed E-state index contributed by atoms with van der Waals surface area (Å²) in [5, 5.41) is 9.50. The lowest BCUT2D eigenvalue weighted by molar-refractivity contribution is -0.116. The van der Waals surface area contributed by atoms with Crippen molar-refractivity contribution in [1.82, 2.24) is 14.8 Å². The van der Waals surface area contributed by atoms with E-state index < -0.39 is 6.04 Å². The van der Waals surface area contributed by atoms with Gasteiger partial charge in [-0.3, -0.25) is 4.79 Å². The molecular formula is C19H16FN5OS. The van der Waals surface area contributed by atoms with Crippen LogP contribution in [0.25, 0.3) is 0 Å². The van der Waals surface area contributed by atoms with Crippen molar-refractivity contribution in [3.05, 3.63) is 69.3 Å². The van der Waals surface area contributed by atoms with E-state index in [4.69, 9.17) is 5.73 Å². The fraction of sp³-hybridized carbons (Fsp3) is 0.211. The summed E-state index contributed by atoms with van der Waals surface area (Å²) in [4.78, 5) is 18.6. The first-order valence-electron chi connectivity index (χ1n) is 8.64. The van der Waals surface area contributed by atoms with Crippen LogP contribution in [0.5, 0.6) is 0 Å². The summed E-state index contributed by atoms with van der Waals surface area (Å²) < 4.78 is 15.5. The van der Waals surface area contributed by atoms with Crippen LogP contribution in [-0.4, -0.2) is 20.5 Å². The summed E-state index contributed by atoms with van der Waals surface area (Å²) in [5.74, 6) is 0.392. The zero-order valence-electron chi connectivity index (χ0n) is 14.2. The monoisotopic (exact) mass is 381 g/mol. The number of allylic oxidation sites excluding steroid dienone is 2. The van der Waals surface area contributed by atoms with E-state index >= 15 is 0 Å². The molecule has 3 N–H and O–H groups in total. The van der Waals surface area contributed by atoms with Crippen molar-refractivity contribution in [3.63, 3.8) is 0 Å². The number of hydrogen-bond donors (Lipinski definition) is 2. The maximum atomic E-state index is 13.9. The lowest BCUT2D eigenvalue weighted by atomic mass is 9.80. The Bertz CT molecular complexity index is 1070. The second-order valence-electron chi connectivity index (χ2n) is 6.76. The number of nitrogens with zero attached hydrogens (tertiary/aromatic N) is 3. The van der Waals surface area contributed by atoms with Gasteiger partial charge in [-0.1, -0.05) is 18.2 Å². The third kappa shape index (κ3) is 2.64. The molecule has 3 aromatic rings. The van der Waals surface area contributed by atoms with Crippen molar-refractivity contribution in [2.75, 3.05) is 11.1 Å². The number of nitrogens with two attached hydrogens (primary N) is 1. The van der Waals surface area contributed by atoms with E-state index in [1.165, 1.54) is 17.0 Å². The van der Waals surface area contributed by atoms with Gasteiger partial charge in [0.2, 0.25) is 11.9 Å². The van der Waals surface area contributed by atoms with E-state index in [9.17, 15) is 9.18 Å². The van der Waals surface area contributed by atoms with Crippen molar-refractivity contribution < 1.29 is 9.18 Å². The van der Waals surface area contributed by atoms with Gasteiger partial charge in [-0.2, -0.15) is 4.98 Å². The fourth-order valence-electron chi connectivity index (χ4n) is 3.94. The Kier molecular flexibility index (Phi) is 3.61. The summed E-state index contributed by atoms with van der Waals surface area (Å²) in [7, 11) is 0. The number of thiophene rings is 1. The van der Waals surface area contributed by atoms with Crippen molar-refractivity contribution >= 4 is 29.0 Å². The number of aromatic nitrogens is 3. The normalized spacial score (nSPS) is 21.6. The summed E-state index contributed by atoms with van der Waals surface area (Å²) >= 11 is 1.65. The molecule has 0 amide bonds. The molecule has 0 spiro atoms. The van der Waals surface area contributed by atoms with Crippen LogP contribution in [-0.2, 0) is 4.79 Å². The fourth-order valence-corrected chi connectivity index (χ4v) is 4.77.